The highest BCUT2D eigenvalue weighted by Crippen LogP contribution is 2.33. The third kappa shape index (κ3) is 2.00. The summed E-state index contributed by atoms with van der Waals surface area (Å²) in [7, 11) is 1.59. The zero-order chi connectivity index (χ0) is 15.1. The van der Waals surface area contributed by atoms with E-state index in [1.54, 1.807) is 7.05 Å². The lowest BCUT2D eigenvalue weighted by Gasteiger charge is -2.18. The maximum Gasteiger partial charge on any atom is 0.278 e. The molecule has 4 atom stereocenters. The van der Waals surface area contributed by atoms with Crippen LogP contribution in [0.1, 0.15) is 6.23 Å². The van der Waals surface area contributed by atoms with E-state index in [4.69, 9.17) is 9.84 Å². The fourth-order valence-corrected chi connectivity index (χ4v) is 2.43. The molecule has 0 saturated carbocycles. The van der Waals surface area contributed by atoms with E-state index in [1.165, 1.54) is 10.9 Å². The quantitative estimate of drug-likeness (QED) is 0.428. The third-order valence-electron chi connectivity index (χ3n) is 3.48. The van der Waals surface area contributed by atoms with E-state index >= 15 is 0 Å². The fraction of sp³-hybridized carbons (Fsp3) is 0.545. The van der Waals surface area contributed by atoms with Crippen LogP contribution in [0.3, 0.4) is 0 Å². The Morgan fingerprint density at radius 3 is 2.86 bits per heavy atom. The molecule has 10 heteroatoms. The van der Waals surface area contributed by atoms with Crippen LogP contribution in [-0.2, 0) is 4.74 Å². The van der Waals surface area contributed by atoms with Gasteiger partial charge in [0, 0.05) is 7.05 Å². The van der Waals surface area contributed by atoms with Gasteiger partial charge in [-0.25, -0.2) is 9.97 Å². The van der Waals surface area contributed by atoms with Crippen molar-refractivity contribution in [1.82, 2.24) is 19.5 Å². The summed E-state index contributed by atoms with van der Waals surface area (Å²) in [4.78, 5) is 22.3. The molecule has 0 spiro atoms. The molecule has 0 unspecified atom stereocenters. The number of hydrogen-bond acceptors (Lipinski definition) is 8. The zero-order valence-corrected chi connectivity index (χ0v) is 11.1. The molecule has 1 aliphatic rings. The summed E-state index contributed by atoms with van der Waals surface area (Å²) in [5.74, 6) is 0.254. The van der Waals surface area contributed by atoms with Crippen LogP contribution in [0.2, 0.25) is 0 Å². The van der Waals surface area contributed by atoms with Gasteiger partial charge in [-0.3, -0.25) is 9.36 Å². The normalized spacial score (nSPS) is 29.1. The molecule has 0 radical (unpaired) electrons. The molecule has 0 aromatic carbocycles. The minimum atomic E-state index is -1.28. The van der Waals surface area contributed by atoms with E-state index in [1.807, 2.05) is 0 Å². The number of rotatable bonds is 3. The highest BCUT2D eigenvalue weighted by Gasteiger charge is 2.44. The first-order chi connectivity index (χ1) is 10.1. The first-order valence-corrected chi connectivity index (χ1v) is 6.34. The molecule has 1 aliphatic heterocycles. The number of H-pyrrole nitrogens is 1. The molecule has 0 aliphatic carbocycles. The summed E-state index contributed by atoms with van der Waals surface area (Å²) in [6, 6.07) is 0. The molecule has 1 saturated heterocycles. The van der Waals surface area contributed by atoms with Crippen molar-refractivity contribution in [2.45, 2.75) is 24.5 Å². The lowest BCUT2D eigenvalue weighted by molar-refractivity contribution is -0.0501. The third-order valence-corrected chi connectivity index (χ3v) is 3.48. The maximum atomic E-state index is 11.7. The van der Waals surface area contributed by atoms with E-state index in [9.17, 15) is 15.0 Å². The van der Waals surface area contributed by atoms with Gasteiger partial charge in [0.15, 0.2) is 17.4 Å². The number of fused-ring (bicyclic) bond motifs is 1. The lowest BCUT2D eigenvalue weighted by atomic mass is 10.1. The van der Waals surface area contributed by atoms with Crippen molar-refractivity contribution in [3.63, 3.8) is 0 Å². The molecular weight excluding hydrogens is 282 g/mol. The van der Waals surface area contributed by atoms with Crippen molar-refractivity contribution in [2.75, 3.05) is 19.0 Å². The SMILES string of the molecule is CNc1nc2c(=O)[nH]cnc2n1[C@@H]1O[C@H](CO)[C@@H](O)[C@@H]1O. The average molecular weight is 297 g/mol. The minimum Gasteiger partial charge on any atom is -0.394 e. The van der Waals surface area contributed by atoms with Gasteiger partial charge in [0.2, 0.25) is 5.95 Å². The smallest absolute Gasteiger partial charge is 0.278 e. The molecular formula is C11H15N5O5. The number of imidazole rings is 1. The highest BCUT2D eigenvalue weighted by atomic mass is 16.6. The molecule has 2 aromatic heterocycles. The van der Waals surface area contributed by atoms with Gasteiger partial charge in [0.25, 0.3) is 5.56 Å². The predicted octanol–water partition coefficient (Wildman–Crippen LogP) is -2.23. The Morgan fingerprint density at radius 2 is 2.24 bits per heavy atom. The Labute approximate surface area is 118 Å². The lowest BCUT2D eigenvalue weighted by Crippen LogP contribution is -2.33. The van der Waals surface area contributed by atoms with Crippen molar-refractivity contribution in [2.24, 2.45) is 0 Å². The number of nitrogens with zero attached hydrogens (tertiary/aromatic N) is 3. The second-order valence-electron chi connectivity index (χ2n) is 4.69. The van der Waals surface area contributed by atoms with E-state index < -0.39 is 36.7 Å². The Kier molecular flexibility index (Phi) is 3.37. The van der Waals surface area contributed by atoms with Crippen LogP contribution in [0.25, 0.3) is 11.2 Å². The van der Waals surface area contributed by atoms with Crippen molar-refractivity contribution < 1.29 is 20.1 Å². The minimum absolute atomic E-state index is 0.0830. The molecule has 10 nitrogen and oxygen atoms in total. The number of hydrogen-bond donors (Lipinski definition) is 5. The summed E-state index contributed by atoms with van der Waals surface area (Å²) < 4.78 is 6.83. The summed E-state index contributed by atoms with van der Waals surface area (Å²) in [6.45, 7) is -0.440. The fourth-order valence-electron chi connectivity index (χ4n) is 2.43. The van der Waals surface area contributed by atoms with Gasteiger partial charge in [-0.05, 0) is 0 Å². The average Bonchev–Trinajstić information content (AvgIpc) is 2.99. The first kappa shape index (κ1) is 13.9. The number of ether oxygens (including phenoxy) is 1. The van der Waals surface area contributed by atoms with Gasteiger partial charge >= 0.3 is 0 Å². The molecule has 3 heterocycles. The number of aromatic amines is 1. The number of anilines is 1. The van der Waals surface area contributed by atoms with Crippen molar-refractivity contribution in [3.05, 3.63) is 16.7 Å². The largest absolute Gasteiger partial charge is 0.394 e. The number of aromatic nitrogens is 4. The predicted molar refractivity (Wildman–Crippen MR) is 70.7 cm³/mol. The van der Waals surface area contributed by atoms with Crippen molar-refractivity contribution in [3.8, 4) is 0 Å². The second kappa shape index (κ2) is 5.07. The molecule has 114 valence electrons. The van der Waals surface area contributed by atoms with Crippen LogP contribution in [0, 0.1) is 0 Å². The Bertz CT molecular complexity index is 713. The Morgan fingerprint density at radius 1 is 1.48 bits per heavy atom. The van der Waals surface area contributed by atoms with Crippen LogP contribution in [0.15, 0.2) is 11.1 Å². The molecule has 5 N–H and O–H groups in total. The van der Waals surface area contributed by atoms with Gasteiger partial charge in [-0.2, -0.15) is 0 Å². The van der Waals surface area contributed by atoms with Crippen molar-refractivity contribution >= 4 is 17.1 Å². The summed E-state index contributed by atoms with van der Waals surface area (Å²) >= 11 is 0. The van der Waals surface area contributed by atoms with Crippen LogP contribution < -0.4 is 10.9 Å². The summed E-state index contributed by atoms with van der Waals surface area (Å²) in [5.41, 5.74) is -0.139. The number of nitrogens with one attached hydrogen (secondary N) is 2. The van der Waals surface area contributed by atoms with Gasteiger partial charge < -0.3 is 30.4 Å². The first-order valence-electron chi connectivity index (χ1n) is 6.34. The van der Waals surface area contributed by atoms with E-state index in [0.717, 1.165) is 0 Å². The van der Waals surface area contributed by atoms with E-state index in [-0.39, 0.29) is 17.1 Å². The Balaban J connectivity index is 2.16. The van der Waals surface area contributed by atoms with E-state index in [2.05, 4.69) is 20.3 Å². The number of aliphatic hydroxyl groups excluding tert-OH is 3. The molecule has 0 amide bonds. The van der Waals surface area contributed by atoms with Gasteiger partial charge in [0.05, 0.1) is 12.9 Å². The number of aliphatic hydroxyl groups is 3. The standard InChI is InChI=1S/C11H15N5O5/c1-12-11-15-5-8(13-3-14-9(5)20)16(11)10-7(19)6(18)4(2-17)21-10/h3-4,6-7,10,17-19H,2H2,1H3,(H,12,15)(H,13,14,20)/t4-,6-,7+,10-/m1/s1. The molecule has 0 bridgehead atoms. The molecule has 21 heavy (non-hydrogen) atoms. The molecule has 2 aromatic rings. The molecule has 1 fully saturated rings. The van der Waals surface area contributed by atoms with Crippen LogP contribution in [0.4, 0.5) is 5.95 Å². The van der Waals surface area contributed by atoms with Gasteiger partial charge in [-0.1, -0.05) is 0 Å². The van der Waals surface area contributed by atoms with Crippen LogP contribution in [-0.4, -0.2) is 66.8 Å². The van der Waals surface area contributed by atoms with Crippen molar-refractivity contribution in [1.29, 1.82) is 0 Å². The van der Waals surface area contributed by atoms with Crippen LogP contribution >= 0.6 is 0 Å². The topological polar surface area (TPSA) is 146 Å². The maximum absolute atomic E-state index is 11.7. The Hall–Kier alpha value is -2.01. The molecule has 3 rings (SSSR count). The van der Waals surface area contributed by atoms with Crippen LogP contribution in [0.5, 0.6) is 0 Å². The van der Waals surface area contributed by atoms with Gasteiger partial charge in [-0.15, -0.1) is 0 Å². The highest BCUT2D eigenvalue weighted by molar-refractivity contribution is 5.73. The summed E-state index contributed by atoms with van der Waals surface area (Å²) in [5, 5.41) is 31.9. The zero-order valence-electron chi connectivity index (χ0n) is 11.1. The second-order valence-corrected chi connectivity index (χ2v) is 4.69. The monoisotopic (exact) mass is 297 g/mol. The van der Waals surface area contributed by atoms with Gasteiger partial charge in [0.1, 0.15) is 18.3 Å². The summed E-state index contributed by atoms with van der Waals surface area (Å²) in [6.07, 6.45) is -3.26. The van der Waals surface area contributed by atoms with E-state index in [0.29, 0.717) is 0 Å².